The summed E-state index contributed by atoms with van der Waals surface area (Å²) in [6.07, 6.45) is 9.77. The number of hydrogen-bond acceptors (Lipinski definition) is 9. The van der Waals surface area contributed by atoms with Crippen molar-refractivity contribution >= 4 is 45.4 Å². The highest BCUT2D eigenvalue weighted by Gasteiger charge is 2.44. The monoisotopic (exact) mass is 773 g/mol. The average Bonchev–Trinajstić information content (AvgIpc) is 3.65. The van der Waals surface area contributed by atoms with Crippen molar-refractivity contribution in [2.75, 3.05) is 6.61 Å². The molecule has 0 radical (unpaired) electrons. The van der Waals surface area contributed by atoms with Gasteiger partial charge < -0.3 is 18.8 Å². The molecule has 1 aliphatic carbocycles. The molecule has 1 saturated carbocycles. The number of ether oxygens (including phenoxy) is 3. The summed E-state index contributed by atoms with van der Waals surface area (Å²) in [4.78, 5) is 59.6. The number of unbranched alkanes of at least 4 members (excludes halogenated alkanes) is 2. The molecule has 12 nitrogen and oxygen atoms in total. The molecule has 3 aliphatic rings. The van der Waals surface area contributed by atoms with E-state index in [1.54, 1.807) is 12.1 Å². The zero-order valence-electron chi connectivity index (χ0n) is 31.8. The molecule has 3 aromatic carbocycles. The normalized spacial score (nSPS) is 18.7. The van der Waals surface area contributed by atoms with E-state index in [2.05, 4.69) is 63.0 Å². The van der Waals surface area contributed by atoms with E-state index in [1.165, 1.54) is 11.5 Å². The van der Waals surface area contributed by atoms with Crippen molar-refractivity contribution in [1.29, 1.82) is 0 Å². The van der Waals surface area contributed by atoms with Gasteiger partial charge in [-0.2, -0.15) is 0 Å². The first-order valence-corrected chi connectivity index (χ1v) is 19.5. The van der Waals surface area contributed by atoms with Gasteiger partial charge in [0.05, 0.1) is 23.3 Å². The fourth-order valence-electron chi connectivity index (χ4n) is 7.75. The Hall–Kier alpha value is -7.00. The van der Waals surface area contributed by atoms with Gasteiger partial charge in [0.15, 0.2) is 0 Å². The number of benzene rings is 3. The number of carbonyl (C=O) groups excluding carboxylic acids is 4. The molecule has 3 aromatic heterocycles. The molecule has 1 saturated heterocycles. The van der Waals surface area contributed by atoms with Gasteiger partial charge in [0.25, 0.3) is 11.8 Å². The van der Waals surface area contributed by atoms with Gasteiger partial charge in [-0.3, -0.25) is 34.4 Å². The summed E-state index contributed by atoms with van der Waals surface area (Å²) in [5.41, 5.74) is 5.76. The number of aryl methyl sites for hydroxylation is 1. The Morgan fingerprint density at radius 1 is 0.776 bits per heavy atom. The Balaban J connectivity index is 0.683. The summed E-state index contributed by atoms with van der Waals surface area (Å²) in [6, 6.07) is 24.0. The van der Waals surface area contributed by atoms with Crippen molar-refractivity contribution in [2.24, 2.45) is 7.05 Å². The van der Waals surface area contributed by atoms with E-state index in [-0.39, 0.29) is 36.2 Å². The van der Waals surface area contributed by atoms with Crippen LogP contribution >= 0.6 is 0 Å². The SMILES string of the molecule is Cn1c2ccncc2c2ccc(-c3ccc(O[C@H]4C[C@H](Oc5ccc(C#CCCCCOc6ccc7c(c6)C(=O)N(C6CCC(=O)NC6=O)C7=O)cc5)C4)nc3)cc21. The Bertz CT molecular complexity index is 2650. The van der Waals surface area contributed by atoms with Crippen LogP contribution in [0.15, 0.2) is 97.5 Å². The van der Waals surface area contributed by atoms with Crippen LogP contribution < -0.4 is 19.5 Å². The van der Waals surface area contributed by atoms with Gasteiger partial charge in [0.2, 0.25) is 17.7 Å². The van der Waals surface area contributed by atoms with Gasteiger partial charge in [0.1, 0.15) is 29.7 Å². The number of aromatic nitrogens is 3. The van der Waals surface area contributed by atoms with Gasteiger partial charge in [-0.05, 0) is 85.5 Å². The number of carbonyl (C=O) groups is 4. The van der Waals surface area contributed by atoms with Crippen molar-refractivity contribution in [1.82, 2.24) is 24.8 Å². The van der Waals surface area contributed by atoms with Crippen LogP contribution in [0.25, 0.3) is 32.9 Å². The number of amides is 4. The minimum atomic E-state index is -0.998. The van der Waals surface area contributed by atoms with Gasteiger partial charge in [0, 0.05) is 84.8 Å². The molecule has 2 fully saturated rings. The predicted molar refractivity (Wildman–Crippen MR) is 215 cm³/mol. The molecule has 1 unspecified atom stereocenters. The molecule has 1 atom stereocenters. The smallest absolute Gasteiger partial charge is 0.262 e. The molecule has 290 valence electrons. The van der Waals surface area contributed by atoms with Crippen molar-refractivity contribution in [2.45, 2.75) is 63.2 Å². The predicted octanol–water partition coefficient (Wildman–Crippen LogP) is 6.78. The van der Waals surface area contributed by atoms with Crippen molar-refractivity contribution in [3.05, 3.63) is 114 Å². The fraction of sp³-hybridized carbons (Fsp3) is 0.261. The first kappa shape index (κ1) is 36.6. The molecular formula is C46H39N5O7. The number of piperidine rings is 1. The van der Waals surface area contributed by atoms with Crippen molar-refractivity contribution in [3.8, 4) is 40.3 Å². The third-order valence-electron chi connectivity index (χ3n) is 11.0. The first-order chi connectivity index (χ1) is 28.3. The molecule has 12 heteroatoms. The third-order valence-corrected chi connectivity index (χ3v) is 11.0. The fourth-order valence-corrected chi connectivity index (χ4v) is 7.75. The van der Waals surface area contributed by atoms with Crippen LogP contribution in [0.4, 0.5) is 0 Å². The highest BCUT2D eigenvalue weighted by Crippen LogP contribution is 2.34. The lowest BCUT2D eigenvalue weighted by atomic mass is 9.92. The Morgan fingerprint density at radius 2 is 1.57 bits per heavy atom. The topological polar surface area (TPSA) is 142 Å². The first-order valence-electron chi connectivity index (χ1n) is 19.5. The maximum atomic E-state index is 13.0. The van der Waals surface area contributed by atoms with Crippen LogP contribution in [-0.4, -0.2) is 67.9 Å². The van der Waals surface area contributed by atoms with Gasteiger partial charge >= 0.3 is 0 Å². The summed E-state index contributed by atoms with van der Waals surface area (Å²) in [5.74, 6) is 6.15. The summed E-state index contributed by atoms with van der Waals surface area (Å²) in [6.45, 7) is 0.421. The van der Waals surface area contributed by atoms with Crippen LogP contribution in [0.5, 0.6) is 17.4 Å². The van der Waals surface area contributed by atoms with Crippen LogP contribution in [0.3, 0.4) is 0 Å². The second-order valence-corrected chi connectivity index (χ2v) is 14.8. The Labute approximate surface area is 334 Å². The number of nitrogens with zero attached hydrogens (tertiary/aromatic N) is 4. The quantitative estimate of drug-likeness (QED) is 0.0857. The summed E-state index contributed by atoms with van der Waals surface area (Å²) < 4.78 is 20.4. The minimum Gasteiger partial charge on any atom is -0.494 e. The lowest BCUT2D eigenvalue weighted by Crippen LogP contribution is -2.54. The van der Waals surface area contributed by atoms with E-state index >= 15 is 0 Å². The van der Waals surface area contributed by atoms with Crippen LogP contribution in [0, 0.1) is 11.8 Å². The van der Waals surface area contributed by atoms with E-state index in [4.69, 9.17) is 14.2 Å². The molecule has 4 amide bonds. The van der Waals surface area contributed by atoms with E-state index in [0.29, 0.717) is 24.7 Å². The Kier molecular flexibility index (Phi) is 9.79. The third kappa shape index (κ3) is 7.23. The molecule has 5 heterocycles. The molecule has 0 bridgehead atoms. The zero-order valence-corrected chi connectivity index (χ0v) is 31.8. The van der Waals surface area contributed by atoms with Crippen LogP contribution in [0.2, 0.25) is 0 Å². The highest BCUT2D eigenvalue weighted by molar-refractivity contribution is 6.23. The van der Waals surface area contributed by atoms with Crippen LogP contribution in [0.1, 0.15) is 71.2 Å². The van der Waals surface area contributed by atoms with E-state index in [1.807, 2.05) is 55.0 Å². The molecule has 2 aliphatic heterocycles. The van der Waals surface area contributed by atoms with E-state index in [9.17, 15) is 19.2 Å². The average molecular weight is 774 g/mol. The Morgan fingerprint density at radius 3 is 2.38 bits per heavy atom. The maximum Gasteiger partial charge on any atom is 0.262 e. The molecule has 0 spiro atoms. The molecule has 6 aromatic rings. The van der Waals surface area contributed by atoms with E-state index in [0.717, 1.165) is 69.4 Å². The maximum absolute atomic E-state index is 13.0. The van der Waals surface area contributed by atoms with Gasteiger partial charge in [-0.1, -0.05) is 24.0 Å². The molecule has 58 heavy (non-hydrogen) atoms. The lowest BCUT2D eigenvalue weighted by Gasteiger charge is -2.35. The summed E-state index contributed by atoms with van der Waals surface area (Å²) in [7, 11) is 2.08. The second-order valence-electron chi connectivity index (χ2n) is 14.8. The lowest BCUT2D eigenvalue weighted by molar-refractivity contribution is -0.136. The second kappa shape index (κ2) is 15.5. The minimum absolute atomic E-state index is 0.0563. The van der Waals surface area contributed by atoms with Crippen LogP contribution in [-0.2, 0) is 16.6 Å². The highest BCUT2D eigenvalue weighted by atomic mass is 16.5. The summed E-state index contributed by atoms with van der Waals surface area (Å²) >= 11 is 0. The number of pyridine rings is 2. The molecule has 1 N–H and O–H groups in total. The number of imide groups is 2. The number of hydrogen-bond donors (Lipinski definition) is 1. The zero-order chi connectivity index (χ0) is 39.8. The molecular weight excluding hydrogens is 735 g/mol. The standard InChI is InChI=1S/C46H39N5O7/c1-50-39-19-20-47-27-38(39)35-14-9-29(22-41(35)50)30-10-18-43(48-26-30)58-34-23-33(24-34)57-31-11-7-28(8-12-31)6-4-2-3-5-21-56-32-13-15-36-37(25-32)46(55)51(45(36)54)40-16-17-42(52)49-44(40)53/h7-15,18-20,22,25-27,33-34,40H,2-3,5,16-17,21,23-24H2,1H3,(H,49,52,53)/t33-,34-,40?. The van der Waals surface area contributed by atoms with Gasteiger partial charge in [-0.15, -0.1) is 0 Å². The van der Waals surface area contributed by atoms with Gasteiger partial charge in [-0.25, -0.2) is 4.98 Å². The van der Waals surface area contributed by atoms with E-state index < -0.39 is 29.7 Å². The molecule has 9 rings (SSSR count). The summed E-state index contributed by atoms with van der Waals surface area (Å²) in [5, 5.41) is 4.53. The number of rotatable bonds is 11. The largest absolute Gasteiger partial charge is 0.494 e. The van der Waals surface area contributed by atoms with Crippen molar-refractivity contribution < 1.29 is 33.4 Å². The number of fused-ring (bicyclic) bond motifs is 4. The van der Waals surface area contributed by atoms with Crippen molar-refractivity contribution in [3.63, 3.8) is 0 Å². The number of nitrogens with one attached hydrogen (secondary N) is 1.